The molecule has 3 heteroatoms. The van der Waals surface area contributed by atoms with Crippen LogP contribution in [0.15, 0.2) is 24.5 Å². The third-order valence-electron chi connectivity index (χ3n) is 2.22. The third-order valence-corrected chi connectivity index (χ3v) is 3.35. The molecule has 2 nitrogen and oxygen atoms in total. The van der Waals surface area contributed by atoms with Crippen LogP contribution in [-0.4, -0.2) is 22.3 Å². The molecule has 0 spiro atoms. The van der Waals surface area contributed by atoms with Crippen LogP contribution < -0.4 is 0 Å². The van der Waals surface area contributed by atoms with E-state index >= 15 is 0 Å². The SMILES string of the molecule is O=C1CSCC1Cc1cccnc1. The number of aromatic nitrogens is 1. The molecule has 68 valence electrons. The second-order valence-electron chi connectivity index (χ2n) is 3.24. The van der Waals surface area contributed by atoms with Gasteiger partial charge in [0.2, 0.25) is 0 Å². The van der Waals surface area contributed by atoms with Gasteiger partial charge in [0.1, 0.15) is 5.78 Å². The van der Waals surface area contributed by atoms with Gasteiger partial charge in [-0.25, -0.2) is 0 Å². The molecular formula is C10H11NOS. The molecule has 0 radical (unpaired) electrons. The number of pyridine rings is 1. The smallest absolute Gasteiger partial charge is 0.146 e. The van der Waals surface area contributed by atoms with E-state index in [1.807, 2.05) is 18.3 Å². The van der Waals surface area contributed by atoms with Crippen molar-refractivity contribution in [1.29, 1.82) is 0 Å². The summed E-state index contributed by atoms with van der Waals surface area (Å²) in [5.41, 5.74) is 1.17. The highest BCUT2D eigenvalue weighted by atomic mass is 32.2. The topological polar surface area (TPSA) is 30.0 Å². The minimum Gasteiger partial charge on any atom is -0.298 e. The second-order valence-corrected chi connectivity index (χ2v) is 4.27. The van der Waals surface area contributed by atoms with Gasteiger partial charge in [0.05, 0.1) is 5.75 Å². The summed E-state index contributed by atoms with van der Waals surface area (Å²) in [6.45, 7) is 0. The molecule has 0 saturated carbocycles. The maximum absolute atomic E-state index is 11.3. The number of Topliss-reactive ketones (excluding diaryl/α,β-unsaturated/α-hetero) is 1. The number of hydrogen-bond donors (Lipinski definition) is 0. The molecule has 0 aliphatic carbocycles. The first-order valence-electron chi connectivity index (χ1n) is 4.35. The van der Waals surface area contributed by atoms with Gasteiger partial charge in [0.15, 0.2) is 0 Å². The van der Waals surface area contributed by atoms with Crippen LogP contribution in [0, 0.1) is 5.92 Å². The van der Waals surface area contributed by atoms with Gasteiger partial charge in [0.25, 0.3) is 0 Å². The zero-order valence-electron chi connectivity index (χ0n) is 7.27. The zero-order chi connectivity index (χ0) is 9.10. The van der Waals surface area contributed by atoms with Gasteiger partial charge in [-0.3, -0.25) is 9.78 Å². The molecule has 1 aromatic rings. The van der Waals surface area contributed by atoms with Gasteiger partial charge in [-0.05, 0) is 18.1 Å². The lowest BCUT2D eigenvalue weighted by Crippen LogP contribution is -2.13. The number of nitrogens with zero attached hydrogens (tertiary/aromatic N) is 1. The van der Waals surface area contributed by atoms with E-state index in [0.717, 1.165) is 12.2 Å². The highest BCUT2D eigenvalue weighted by Crippen LogP contribution is 2.23. The average molecular weight is 193 g/mol. The number of hydrogen-bond acceptors (Lipinski definition) is 3. The number of rotatable bonds is 2. The van der Waals surface area contributed by atoms with Crippen molar-refractivity contribution in [3.05, 3.63) is 30.1 Å². The van der Waals surface area contributed by atoms with E-state index in [0.29, 0.717) is 11.5 Å². The van der Waals surface area contributed by atoms with E-state index in [1.54, 1.807) is 18.0 Å². The Morgan fingerprint density at radius 2 is 2.54 bits per heavy atom. The first-order valence-corrected chi connectivity index (χ1v) is 5.51. The maximum atomic E-state index is 11.3. The van der Waals surface area contributed by atoms with Crippen LogP contribution in [0.5, 0.6) is 0 Å². The van der Waals surface area contributed by atoms with Gasteiger partial charge >= 0.3 is 0 Å². The Labute approximate surface area is 81.8 Å². The molecule has 1 fully saturated rings. The monoisotopic (exact) mass is 193 g/mol. The minimum atomic E-state index is 0.231. The highest BCUT2D eigenvalue weighted by molar-refractivity contribution is 8.00. The molecule has 1 saturated heterocycles. The van der Waals surface area contributed by atoms with Crippen molar-refractivity contribution in [3.8, 4) is 0 Å². The Balaban J connectivity index is 2.02. The van der Waals surface area contributed by atoms with Gasteiger partial charge in [-0.2, -0.15) is 11.8 Å². The standard InChI is InChI=1S/C10H11NOS/c12-10-7-13-6-9(10)4-8-2-1-3-11-5-8/h1-3,5,9H,4,6-7H2. The van der Waals surface area contributed by atoms with Crippen LogP contribution in [0.4, 0.5) is 0 Å². The third kappa shape index (κ3) is 2.10. The van der Waals surface area contributed by atoms with Gasteiger partial charge < -0.3 is 0 Å². The predicted octanol–water partition coefficient (Wildman–Crippen LogP) is 1.56. The summed E-state index contributed by atoms with van der Waals surface area (Å²) >= 11 is 1.74. The molecule has 2 rings (SSSR count). The van der Waals surface area contributed by atoms with Crippen LogP contribution in [-0.2, 0) is 11.2 Å². The van der Waals surface area contributed by atoms with Crippen molar-refractivity contribution in [2.24, 2.45) is 5.92 Å². The molecular weight excluding hydrogens is 182 g/mol. The number of thioether (sulfide) groups is 1. The lowest BCUT2D eigenvalue weighted by molar-refractivity contribution is -0.119. The summed E-state index contributed by atoms with van der Waals surface area (Å²) < 4.78 is 0. The van der Waals surface area contributed by atoms with E-state index in [-0.39, 0.29) is 5.92 Å². The summed E-state index contributed by atoms with van der Waals surface area (Å²) in [5, 5.41) is 0. The molecule has 1 atom stereocenters. The molecule has 2 heterocycles. The zero-order valence-corrected chi connectivity index (χ0v) is 8.09. The molecule has 1 unspecified atom stereocenters. The quantitative estimate of drug-likeness (QED) is 0.714. The second kappa shape index (κ2) is 3.92. The largest absolute Gasteiger partial charge is 0.298 e. The fraction of sp³-hybridized carbons (Fsp3) is 0.400. The van der Waals surface area contributed by atoms with E-state index in [9.17, 15) is 4.79 Å². The van der Waals surface area contributed by atoms with Gasteiger partial charge in [-0.1, -0.05) is 6.07 Å². The summed E-state index contributed by atoms with van der Waals surface area (Å²) in [4.78, 5) is 15.4. The average Bonchev–Trinajstić information content (AvgIpc) is 2.54. The predicted molar refractivity (Wildman–Crippen MR) is 53.8 cm³/mol. The fourth-order valence-electron chi connectivity index (χ4n) is 1.49. The molecule has 13 heavy (non-hydrogen) atoms. The van der Waals surface area contributed by atoms with Crippen LogP contribution in [0.2, 0.25) is 0 Å². The van der Waals surface area contributed by atoms with Crippen molar-refractivity contribution in [2.75, 3.05) is 11.5 Å². The van der Waals surface area contributed by atoms with Crippen molar-refractivity contribution in [1.82, 2.24) is 4.98 Å². The molecule has 1 aliphatic heterocycles. The van der Waals surface area contributed by atoms with Crippen molar-refractivity contribution >= 4 is 17.5 Å². The summed E-state index contributed by atoms with van der Waals surface area (Å²) in [5.74, 6) is 2.31. The maximum Gasteiger partial charge on any atom is 0.146 e. The Kier molecular flexibility index (Phi) is 2.64. The summed E-state index contributed by atoms with van der Waals surface area (Å²) in [6, 6.07) is 3.95. The van der Waals surface area contributed by atoms with Crippen LogP contribution >= 0.6 is 11.8 Å². The molecule has 0 bridgehead atoms. The Hall–Kier alpha value is -0.830. The fourth-order valence-corrected chi connectivity index (χ4v) is 2.63. The van der Waals surface area contributed by atoms with Crippen LogP contribution in [0.3, 0.4) is 0 Å². The molecule has 1 aromatic heterocycles. The van der Waals surface area contributed by atoms with Crippen molar-refractivity contribution in [3.63, 3.8) is 0 Å². The molecule has 1 aliphatic rings. The van der Waals surface area contributed by atoms with E-state index in [2.05, 4.69) is 4.98 Å². The summed E-state index contributed by atoms with van der Waals surface area (Å²) in [7, 11) is 0. The Bertz CT molecular complexity index is 299. The summed E-state index contributed by atoms with van der Waals surface area (Å²) in [6.07, 6.45) is 4.46. The normalized spacial score (nSPS) is 22.2. The van der Waals surface area contributed by atoms with Crippen molar-refractivity contribution < 1.29 is 4.79 Å². The Morgan fingerprint density at radius 3 is 3.15 bits per heavy atom. The van der Waals surface area contributed by atoms with Crippen LogP contribution in [0.25, 0.3) is 0 Å². The molecule has 0 aromatic carbocycles. The number of carbonyl (C=O) groups excluding carboxylic acids is 1. The highest BCUT2D eigenvalue weighted by Gasteiger charge is 2.24. The first kappa shape index (κ1) is 8.75. The van der Waals surface area contributed by atoms with Gasteiger partial charge in [0, 0.05) is 24.1 Å². The van der Waals surface area contributed by atoms with E-state index < -0.39 is 0 Å². The van der Waals surface area contributed by atoms with Crippen molar-refractivity contribution in [2.45, 2.75) is 6.42 Å². The molecule has 0 N–H and O–H groups in total. The van der Waals surface area contributed by atoms with E-state index in [1.165, 1.54) is 5.56 Å². The van der Waals surface area contributed by atoms with Gasteiger partial charge in [-0.15, -0.1) is 0 Å². The number of carbonyl (C=O) groups is 1. The molecule has 0 amide bonds. The lowest BCUT2D eigenvalue weighted by Gasteiger charge is -2.05. The first-order chi connectivity index (χ1) is 6.36. The minimum absolute atomic E-state index is 0.231. The number of ketones is 1. The van der Waals surface area contributed by atoms with Crippen LogP contribution in [0.1, 0.15) is 5.56 Å². The Morgan fingerprint density at radius 1 is 1.62 bits per heavy atom. The van der Waals surface area contributed by atoms with E-state index in [4.69, 9.17) is 0 Å². The lowest BCUT2D eigenvalue weighted by atomic mass is 9.99.